The van der Waals surface area contributed by atoms with Crippen molar-refractivity contribution in [3.8, 4) is 5.75 Å². The van der Waals surface area contributed by atoms with Crippen LogP contribution in [0.25, 0.3) is 10.1 Å². The molecule has 0 amide bonds. The highest BCUT2D eigenvalue weighted by atomic mass is 32.1. The quantitative estimate of drug-likeness (QED) is 0.772. The lowest BCUT2D eigenvalue weighted by atomic mass is 10.0. The zero-order chi connectivity index (χ0) is 13.5. The first-order valence-electron chi connectivity index (χ1n) is 6.73. The van der Waals surface area contributed by atoms with E-state index in [1.165, 1.54) is 15.6 Å². The largest absolute Gasteiger partial charge is 0.493 e. The summed E-state index contributed by atoms with van der Waals surface area (Å²) < 4.78 is 6.72. The predicted molar refractivity (Wildman–Crippen MR) is 81.5 cm³/mol. The van der Waals surface area contributed by atoms with E-state index in [-0.39, 0.29) is 0 Å². The Kier molecular flexibility index (Phi) is 2.76. The molecule has 2 nitrogen and oxygen atoms in total. The molecule has 1 unspecified atom stereocenters. The molecule has 0 saturated heterocycles. The highest BCUT2D eigenvalue weighted by Crippen LogP contribution is 2.35. The standard InChI is InChI=1S/C17H14O2S/c18-17(13-5-6-14-11(9-13)7-8-19-14)16-10-12-3-1-2-4-15(12)20-16/h1-6,9-10,17-18H,7-8H2. The molecule has 0 aliphatic carbocycles. The number of aliphatic hydroxyl groups excluding tert-OH is 1. The summed E-state index contributed by atoms with van der Waals surface area (Å²) >= 11 is 1.65. The number of thiophene rings is 1. The van der Waals surface area contributed by atoms with Crippen molar-refractivity contribution >= 4 is 21.4 Å². The van der Waals surface area contributed by atoms with Crippen molar-refractivity contribution in [2.45, 2.75) is 12.5 Å². The zero-order valence-electron chi connectivity index (χ0n) is 10.9. The third-order valence-electron chi connectivity index (χ3n) is 3.74. The molecule has 4 rings (SSSR count). The molecule has 2 heterocycles. The molecule has 1 aromatic heterocycles. The van der Waals surface area contributed by atoms with Crippen molar-refractivity contribution in [3.05, 3.63) is 64.5 Å². The van der Waals surface area contributed by atoms with Crippen LogP contribution in [0.3, 0.4) is 0 Å². The van der Waals surface area contributed by atoms with Crippen LogP contribution in [0.15, 0.2) is 48.5 Å². The summed E-state index contributed by atoms with van der Waals surface area (Å²) in [4.78, 5) is 0.991. The van der Waals surface area contributed by atoms with Crippen LogP contribution in [-0.2, 0) is 6.42 Å². The third kappa shape index (κ3) is 1.90. The second-order valence-electron chi connectivity index (χ2n) is 5.05. The fraction of sp³-hybridized carbons (Fsp3) is 0.176. The minimum absolute atomic E-state index is 0.557. The Morgan fingerprint density at radius 1 is 1.10 bits per heavy atom. The van der Waals surface area contributed by atoms with Gasteiger partial charge in [-0.1, -0.05) is 24.3 Å². The molecule has 20 heavy (non-hydrogen) atoms. The van der Waals surface area contributed by atoms with Crippen LogP contribution in [0.2, 0.25) is 0 Å². The number of aliphatic hydroxyl groups is 1. The molecular weight excluding hydrogens is 268 g/mol. The Morgan fingerprint density at radius 2 is 2.00 bits per heavy atom. The smallest absolute Gasteiger partial charge is 0.122 e. The van der Waals surface area contributed by atoms with Crippen LogP contribution >= 0.6 is 11.3 Å². The minimum Gasteiger partial charge on any atom is -0.493 e. The van der Waals surface area contributed by atoms with Crippen LogP contribution in [0.5, 0.6) is 5.75 Å². The van der Waals surface area contributed by atoms with Gasteiger partial charge in [-0.05, 0) is 40.8 Å². The molecule has 1 aliphatic rings. The van der Waals surface area contributed by atoms with Gasteiger partial charge in [0.15, 0.2) is 0 Å². The lowest BCUT2D eigenvalue weighted by molar-refractivity contribution is 0.224. The molecule has 100 valence electrons. The predicted octanol–water partition coefficient (Wildman–Crippen LogP) is 3.92. The summed E-state index contributed by atoms with van der Waals surface area (Å²) in [5, 5.41) is 11.8. The summed E-state index contributed by atoms with van der Waals surface area (Å²) in [6, 6.07) is 16.3. The topological polar surface area (TPSA) is 29.5 Å². The van der Waals surface area contributed by atoms with Gasteiger partial charge in [0.25, 0.3) is 0 Å². The van der Waals surface area contributed by atoms with Gasteiger partial charge >= 0.3 is 0 Å². The van der Waals surface area contributed by atoms with Crippen molar-refractivity contribution in [1.29, 1.82) is 0 Å². The molecule has 0 bridgehead atoms. The summed E-state index contributed by atoms with van der Waals surface area (Å²) in [5.74, 6) is 0.956. The van der Waals surface area contributed by atoms with Gasteiger partial charge < -0.3 is 9.84 Å². The molecule has 0 fully saturated rings. The maximum Gasteiger partial charge on any atom is 0.122 e. The fourth-order valence-electron chi connectivity index (χ4n) is 2.68. The summed E-state index contributed by atoms with van der Waals surface area (Å²) in [6.45, 7) is 0.748. The third-order valence-corrected chi connectivity index (χ3v) is 4.91. The van der Waals surface area contributed by atoms with Crippen molar-refractivity contribution < 1.29 is 9.84 Å². The van der Waals surface area contributed by atoms with Gasteiger partial charge in [-0.15, -0.1) is 11.3 Å². The van der Waals surface area contributed by atoms with E-state index < -0.39 is 6.10 Å². The Bertz CT molecular complexity index is 743. The van der Waals surface area contributed by atoms with Gasteiger partial charge in [0.1, 0.15) is 11.9 Å². The molecule has 2 aromatic carbocycles. The maximum atomic E-state index is 10.6. The maximum absolute atomic E-state index is 10.6. The number of hydrogen-bond acceptors (Lipinski definition) is 3. The molecule has 0 saturated carbocycles. The molecule has 1 aliphatic heterocycles. The monoisotopic (exact) mass is 282 g/mol. The van der Waals surface area contributed by atoms with E-state index in [2.05, 4.69) is 24.3 Å². The normalized spacial score (nSPS) is 15.1. The van der Waals surface area contributed by atoms with Crippen molar-refractivity contribution in [2.75, 3.05) is 6.61 Å². The summed E-state index contributed by atoms with van der Waals surface area (Å²) in [7, 11) is 0. The van der Waals surface area contributed by atoms with Gasteiger partial charge in [-0.25, -0.2) is 0 Å². The zero-order valence-corrected chi connectivity index (χ0v) is 11.7. The Morgan fingerprint density at radius 3 is 2.90 bits per heavy atom. The van der Waals surface area contributed by atoms with Crippen LogP contribution < -0.4 is 4.74 Å². The van der Waals surface area contributed by atoms with E-state index in [1.54, 1.807) is 11.3 Å². The van der Waals surface area contributed by atoms with E-state index in [0.717, 1.165) is 29.2 Å². The number of benzene rings is 2. The Labute approximate surface area is 121 Å². The first-order chi connectivity index (χ1) is 9.81. The SMILES string of the molecule is OC(c1ccc2c(c1)CCO2)c1cc2ccccc2s1. The number of ether oxygens (including phenoxy) is 1. The van der Waals surface area contributed by atoms with E-state index >= 15 is 0 Å². The molecule has 0 radical (unpaired) electrons. The van der Waals surface area contributed by atoms with Crippen molar-refractivity contribution in [2.24, 2.45) is 0 Å². The number of fused-ring (bicyclic) bond motifs is 2. The fourth-order valence-corrected chi connectivity index (χ4v) is 3.76. The molecule has 3 heteroatoms. The highest BCUT2D eigenvalue weighted by Gasteiger charge is 2.18. The second-order valence-corrected chi connectivity index (χ2v) is 6.17. The average Bonchev–Trinajstić information content (AvgIpc) is 3.11. The average molecular weight is 282 g/mol. The minimum atomic E-state index is -0.557. The molecular formula is C17H14O2S. The van der Waals surface area contributed by atoms with E-state index in [1.807, 2.05) is 24.3 Å². The molecule has 3 aromatic rings. The van der Waals surface area contributed by atoms with Crippen molar-refractivity contribution in [3.63, 3.8) is 0 Å². The number of hydrogen-bond donors (Lipinski definition) is 1. The lowest BCUT2D eigenvalue weighted by Gasteiger charge is -2.10. The van der Waals surface area contributed by atoms with Gasteiger partial charge in [-0.3, -0.25) is 0 Å². The first kappa shape index (κ1) is 11.9. The van der Waals surface area contributed by atoms with Crippen molar-refractivity contribution in [1.82, 2.24) is 0 Å². The van der Waals surface area contributed by atoms with Gasteiger partial charge in [0.05, 0.1) is 6.61 Å². The molecule has 0 spiro atoms. The Hall–Kier alpha value is -1.84. The Balaban J connectivity index is 1.74. The van der Waals surface area contributed by atoms with Crippen LogP contribution in [-0.4, -0.2) is 11.7 Å². The number of rotatable bonds is 2. The van der Waals surface area contributed by atoms with E-state index in [0.29, 0.717) is 0 Å². The molecule has 1 N–H and O–H groups in total. The van der Waals surface area contributed by atoms with Gasteiger partial charge in [0, 0.05) is 16.0 Å². The first-order valence-corrected chi connectivity index (χ1v) is 7.55. The summed E-state index contributed by atoms with van der Waals surface area (Å²) in [6.07, 6.45) is 0.376. The van der Waals surface area contributed by atoms with Crippen LogP contribution in [0.4, 0.5) is 0 Å². The van der Waals surface area contributed by atoms with Gasteiger partial charge in [0.2, 0.25) is 0 Å². The van der Waals surface area contributed by atoms with E-state index in [9.17, 15) is 5.11 Å². The van der Waals surface area contributed by atoms with E-state index in [4.69, 9.17) is 4.74 Å². The lowest BCUT2D eigenvalue weighted by Crippen LogP contribution is -1.97. The second kappa shape index (κ2) is 4.62. The molecule has 1 atom stereocenters. The highest BCUT2D eigenvalue weighted by molar-refractivity contribution is 7.19. The summed E-state index contributed by atoms with van der Waals surface area (Å²) in [5.41, 5.74) is 2.14. The van der Waals surface area contributed by atoms with Gasteiger partial charge in [-0.2, -0.15) is 0 Å². The van der Waals surface area contributed by atoms with Crippen LogP contribution in [0.1, 0.15) is 22.1 Å². The van der Waals surface area contributed by atoms with Crippen LogP contribution in [0, 0.1) is 0 Å².